The lowest BCUT2D eigenvalue weighted by molar-refractivity contribution is 0.0748. The van der Waals surface area contributed by atoms with Crippen LogP contribution in [0.2, 0.25) is 0 Å². The average Bonchev–Trinajstić information content (AvgIpc) is 3.01. The van der Waals surface area contributed by atoms with Crippen molar-refractivity contribution in [2.24, 2.45) is 0 Å². The summed E-state index contributed by atoms with van der Waals surface area (Å²) in [5, 5.41) is 0. The van der Waals surface area contributed by atoms with Gasteiger partial charge in [-0.3, -0.25) is 4.79 Å². The van der Waals surface area contributed by atoms with E-state index >= 15 is 0 Å². The zero-order valence-electron chi connectivity index (χ0n) is 13.8. The molecule has 1 aliphatic rings. The molecule has 0 atom stereocenters. The molecule has 8 heteroatoms. The molecule has 1 saturated heterocycles. The van der Waals surface area contributed by atoms with Gasteiger partial charge >= 0.3 is 0 Å². The third-order valence-corrected chi connectivity index (χ3v) is 4.78. The Morgan fingerprint density at radius 3 is 2.35 bits per heavy atom. The molecule has 0 spiro atoms. The summed E-state index contributed by atoms with van der Waals surface area (Å²) in [5.41, 5.74) is 2.18. The molecule has 1 aliphatic heterocycles. The molecule has 134 valence electrons. The number of piperazine rings is 1. The SMILES string of the molecule is O=C(c1cc(F)cc2[nH]c(=S)[nH]c12)N1CCN(c2ccc(F)cc2)CC1. The highest BCUT2D eigenvalue weighted by molar-refractivity contribution is 7.71. The van der Waals surface area contributed by atoms with Crippen LogP contribution in [0.25, 0.3) is 11.0 Å². The quantitative estimate of drug-likeness (QED) is 0.676. The number of fused-ring (bicyclic) bond motifs is 1. The molecule has 4 rings (SSSR count). The standard InChI is InChI=1S/C18H16F2N4OS/c19-11-1-3-13(4-2-11)23-5-7-24(8-6-23)17(25)14-9-12(20)10-15-16(14)22-18(26)21-15/h1-4,9-10H,5-8H2,(H2,21,22,26). The Morgan fingerprint density at radius 1 is 0.962 bits per heavy atom. The Kier molecular flexibility index (Phi) is 4.20. The van der Waals surface area contributed by atoms with E-state index in [1.54, 1.807) is 17.0 Å². The summed E-state index contributed by atoms with van der Waals surface area (Å²) in [6.07, 6.45) is 0. The molecule has 0 aliphatic carbocycles. The van der Waals surface area contributed by atoms with E-state index in [0.717, 1.165) is 5.69 Å². The van der Waals surface area contributed by atoms with Crippen LogP contribution in [0.5, 0.6) is 0 Å². The van der Waals surface area contributed by atoms with Crippen LogP contribution < -0.4 is 4.90 Å². The van der Waals surface area contributed by atoms with Gasteiger partial charge in [-0.25, -0.2) is 8.78 Å². The molecule has 3 aromatic rings. The zero-order valence-corrected chi connectivity index (χ0v) is 14.6. The molecule has 0 unspecified atom stereocenters. The lowest BCUT2D eigenvalue weighted by Gasteiger charge is -2.36. The molecule has 2 heterocycles. The zero-order chi connectivity index (χ0) is 18.3. The number of H-pyrrole nitrogens is 2. The summed E-state index contributed by atoms with van der Waals surface area (Å²) in [4.78, 5) is 22.4. The first-order valence-electron chi connectivity index (χ1n) is 8.22. The topological polar surface area (TPSA) is 55.1 Å². The lowest BCUT2D eigenvalue weighted by Crippen LogP contribution is -2.48. The first kappa shape index (κ1) is 16.7. The number of benzene rings is 2. The van der Waals surface area contributed by atoms with E-state index in [9.17, 15) is 13.6 Å². The first-order chi connectivity index (χ1) is 12.5. The number of aromatic amines is 2. The molecule has 1 amide bonds. The van der Waals surface area contributed by atoms with E-state index < -0.39 is 5.82 Å². The highest BCUT2D eigenvalue weighted by Gasteiger charge is 2.24. The number of rotatable bonds is 2. The second-order valence-electron chi connectivity index (χ2n) is 6.21. The van der Waals surface area contributed by atoms with Gasteiger partial charge in [-0.2, -0.15) is 0 Å². The third kappa shape index (κ3) is 3.08. The summed E-state index contributed by atoms with van der Waals surface area (Å²) < 4.78 is 27.3. The van der Waals surface area contributed by atoms with Crippen LogP contribution in [0, 0.1) is 16.4 Å². The Labute approximate surface area is 153 Å². The molecule has 0 radical (unpaired) electrons. The van der Waals surface area contributed by atoms with Gasteiger partial charge in [0.05, 0.1) is 16.6 Å². The van der Waals surface area contributed by atoms with Crippen LogP contribution >= 0.6 is 12.2 Å². The van der Waals surface area contributed by atoms with Crippen LogP contribution in [-0.4, -0.2) is 47.0 Å². The van der Waals surface area contributed by atoms with Crippen molar-refractivity contribution in [3.63, 3.8) is 0 Å². The number of hydrogen-bond acceptors (Lipinski definition) is 3. The van der Waals surface area contributed by atoms with Crippen molar-refractivity contribution < 1.29 is 13.6 Å². The lowest BCUT2D eigenvalue weighted by atomic mass is 10.1. The molecule has 0 saturated carbocycles. The van der Waals surface area contributed by atoms with Crippen molar-refractivity contribution in [1.29, 1.82) is 0 Å². The number of carbonyl (C=O) groups is 1. The van der Waals surface area contributed by atoms with Crippen molar-refractivity contribution in [3.8, 4) is 0 Å². The van der Waals surface area contributed by atoms with E-state index in [4.69, 9.17) is 12.2 Å². The molecule has 0 bridgehead atoms. The first-order valence-corrected chi connectivity index (χ1v) is 8.63. The largest absolute Gasteiger partial charge is 0.368 e. The minimum absolute atomic E-state index is 0.237. The fourth-order valence-corrected chi connectivity index (χ4v) is 3.48. The van der Waals surface area contributed by atoms with Crippen molar-refractivity contribution in [2.75, 3.05) is 31.1 Å². The van der Waals surface area contributed by atoms with Gasteiger partial charge in [-0.15, -0.1) is 0 Å². The average molecular weight is 374 g/mol. The normalized spacial score (nSPS) is 14.8. The number of carbonyl (C=O) groups excluding carboxylic acids is 1. The number of hydrogen-bond donors (Lipinski definition) is 2. The Bertz CT molecular complexity index is 1020. The minimum atomic E-state index is -0.490. The summed E-state index contributed by atoms with van der Waals surface area (Å²) in [6.45, 7) is 2.25. The van der Waals surface area contributed by atoms with Gasteiger partial charge in [0.1, 0.15) is 11.6 Å². The number of anilines is 1. The Hall–Kier alpha value is -2.74. The second kappa shape index (κ2) is 6.53. The van der Waals surface area contributed by atoms with Crippen LogP contribution in [-0.2, 0) is 0 Å². The predicted molar refractivity (Wildman–Crippen MR) is 98.0 cm³/mol. The maximum atomic E-state index is 13.9. The van der Waals surface area contributed by atoms with E-state index in [-0.39, 0.29) is 17.3 Å². The van der Waals surface area contributed by atoms with E-state index in [1.165, 1.54) is 24.3 Å². The van der Waals surface area contributed by atoms with Gasteiger partial charge in [0.2, 0.25) is 0 Å². The molecule has 5 nitrogen and oxygen atoms in total. The van der Waals surface area contributed by atoms with E-state index in [0.29, 0.717) is 42.0 Å². The third-order valence-electron chi connectivity index (χ3n) is 4.58. The van der Waals surface area contributed by atoms with Gasteiger partial charge in [-0.1, -0.05) is 0 Å². The number of amides is 1. The number of nitrogens with zero attached hydrogens (tertiary/aromatic N) is 2. The minimum Gasteiger partial charge on any atom is -0.368 e. The van der Waals surface area contributed by atoms with Crippen LogP contribution in [0.15, 0.2) is 36.4 Å². The van der Waals surface area contributed by atoms with Crippen molar-refractivity contribution in [2.45, 2.75) is 0 Å². The summed E-state index contributed by atoms with van der Waals surface area (Å²) in [6, 6.07) is 8.83. The molecular weight excluding hydrogens is 358 g/mol. The fraction of sp³-hybridized carbons (Fsp3) is 0.222. The predicted octanol–water partition coefficient (Wildman–Crippen LogP) is 3.47. The number of imidazole rings is 1. The fourth-order valence-electron chi connectivity index (χ4n) is 3.27. The van der Waals surface area contributed by atoms with Crippen molar-refractivity contribution >= 4 is 34.8 Å². The number of aromatic nitrogens is 2. The molecule has 2 aromatic carbocycles. The summed E-state index contributed by atoms with van der Waals surface area (Å²) in [7, 11) is 0. The molecular formula is C18H16F2N4OS. The Balaban J connectivity index is 1.54. The van der Waals surface area contributed by atoms with Crippen LogP contribution in [0.3, 0.4) is 0 Å². The smallest absolute Gasteiger partial charge is 0.256 e. The summed E-state index contributed by atoms with van der Waals surface area (Å²) in [5.74, 6) is -1.00. The van der Waals surface area contributed by atoms with Gasteiger partial charge in [0.15, 0.2) is 4.77 Å². The maximum Gasteiger partial charge on any atom is 0.256 e. The van der Waals surface area contributed by atoms with E-state index in [1.807, 2.05) is 0 Å². The molecule has 26 heavy (non-hydrogen) atoms. The molecule has 1 aromatic heterocycles. The molecule has 2 N–H and O–H groups in total. The number of halogens is 2. The highest BCUT2D eigenvalue weighted by Crippen LogP contribution is 2.22. The summed E-state index contributed by atoms with van der Waals surface area (Å²) >= 11 is 5.05. The monoisotopic (exact) mass is 374 g/mol. The van der Waals surface area contributed by atoms with Gasteiger partial charge in [-0.05, 0) is 48.6 Å². The number of nitrogens with one attached hydrogen (secondary N) is 2. The Morgan fingerprint density at radius 2 is 1.65 bits per heavy atom. The maximum absolute atomic E-state index is 13.9. The molecule has 1 fully saturated rings. The van der Waals surface area contributed by atoms with Crippen LogP contribution in [0.4, 0.5) is 14.5 Å². The van der Waals surface area contributed by atoms with Gasteiger partial charge in [0, 0.05) is 31.9 Å². The van der Waals surface area contributed by atoms with Crippen molar-refractivity contribution in [1.82, 2.24) is 14.9 Å². The van der Waals surface area contributed by atoms with Gasteiger partial charge in [0.25, 0.3) is 5.91 Å². The van der Waals surface area contributed by atoms with E-state index in [2.05, 4.69) is 14.9 Å². The second-order valence-corrected chi connectivity index (χ2v) is 6.62. The van der Waals surface area contributed by atoms with Crippen LogP contribution in [0.1, 0.15) is 10.4 Å². The van der Waals surface area contributed by atoms with Crippen molar-refractivity contribution in [3.05, 3.63) is 58.4 Å². The highest BCUT2D eigenvalue weighted by atomic mass is 32.1. The van der Waals surface area contributed by atoms with Gasteiger partial charge < -0.3 is 19.8 Å².